The van der Waals surface area contributed by atoms with E-state index in [-0.39, 0.29) is 11.5 Å². The van der Waals surface area contributed by atoms with E-state index in [0.717, 1.165) is 17.4 Å². The van der Waals surface area contributed by atoms with Gasteiger partial charge in [0, 0.05) is 13.1 Å². The molecule has 0 radical (unpaired) electrons. The molecule has 20 heavy (non-hydrogen) atoms. The highest BCUT2D eigenvalue weighted by atomic mass is 32.1. The summed E-state index contributed by atoms with van der Waals surface area (Å²) in [5, 5.41) is 17.0. The Morgan fingerprint density at radius 1 is 1.35 bits per heavy atom. The molecule has 2 aromatic rings. The number of rotatable bonds is 5. The number of aromatic nitrogens is 4. The first-order valence-electron chi connectivity index (χ1n) is 6.76. The lowest BCUT2D eigenvalue weighted by molar-refractivity contribution is 0.587. The lowest BCUT2D eigenvalue weighted by atomic mass is 10.1. The van der Waals surface area contributed by atoms with Gasteiger partial charge in [-0.1, -0.05) is 25.2 Å². The number of hydrogen-bond acceptors (Lipinski definition) is 6. The zero-order valence-electron chi connectivity index (χ0n) is 12.2. The monoisotopic (exact) mass is 293 g/mol. The molecule has 2 heterocycles. The van der Waals surface area contributed by atoms with Gasteiger partial charge in [0.2, 0.25) is 5.13 Å². The standard InChI is InChI=1S/C13H19N5OS/c1-5-14-13-16-15-11(20-13)9-7-10(8(3)4)17-18(6-2)12(9)19/h7-8H,5-6H2,1-4H3,(H,14,16). The largest absolute Gasteiger partial charge is 0.360 e. The zero-order valence-corrected chi connectivity index (χ0v) is 13.0. The Kier molecular flexibility index (Phi) is 4.49. The van der Waals surface area contributed by atoms with Crippen LogP contribution in [-0.2, 0) is 6.54 Å². The van der Waals surface area contributed by atoms with Crippen LogP contribution in [0.25, 0.3) is 10.6 Å². The third kappa shape index (κ3) is 2.87. The summed E-state index contributed by atoms with van der Waals surface area (Å²) in [7, 11) is 0. The molecule has 0 saturated carbocycles. The van der Waals surface area contributed by atoms with Gasteiger partial charge in [0.25, 0.3) is 5.56 Å². The summed E-state index contributed by atoms with van der Waals surface area (Å²) < 4.78 is 1.49. The van der Waals surface area contributed by atoms with Crippen molar-refractivity contribution in [1.82, 2.24) is 20.0 Å². The van der Waals surface area contributed by atoms with Crippen molar-refractivity contribution in [3.05, 3.63) is 22.1 Å². The van der Waals surface area contributed by atoms with Gasteiger partial charge in [-0.2, -0.15) is 5.10 Å². The molecule has 6 nitrogen and oxygen atoms in total. The van der Waals surface area contributed by atoms with Crippen LogP contribution in [0.15, 0.2) is 10.9 Å². The number of nitrogens with one attached hydrogen (secondary N) is 1. The Morgan fingerprint density at radius 3 is 2.70 bits per heavy atom. The average molecular weight is 293 g/mol. The molecule has 0 bridgehead atoms. The minimum absolute atomic E-state index is 0.115. The van der Waals surface area contributed by atoms with E-state index in [9.17, 15) is 4.79 Å². The first-order valence-corrected chi connectivity index (χ1v) is 7.58. The summed E-state index contributed by atoms with van der Waals surface area (Å²) >= 11 is 1.39. The molecule has 0 aliphatic heterocycles. The normalized spacial score (nSPS) is 11.1. The molecule has 0 fully saturated rings. The van der Waals surface area contributed by atoms with Crippen molar-refractivity contribution in [1.29, 1.82) is 0 Å². The van der Waals surface area contributed by atoms with Crippen molar-refractivity contribution in [2.75, 3.05) is 11.9 Å². The lowest BCUT2D eigenvalue weighted by Crippen LogP contribution is -2.25. The van der Waals surface area contributed by atoms with Crippen LogP contribution in [0.3, 0.4) is 0 Å². The zero-order chi connectivity index (χ0) is 14.7. The Balaban J connectivity index is 2.53. The van der Waals surface area contributed by atoms with Crippen molar-refractivity contribution in [2.45, 2.75) is 40.2 Å². The molecule has 0 atom stereocenters. The molecule has 0 spiro atoms. The van der Waals surface area contributed by atoms with E-state index in [1.165, 1.54) is 16.0 Å². The van der Waals surface area contributed by atoms with E-state index in [1.807, 2.05) is 19.9 Å². The number of anilines is 1. The number of nitrogens with zero attached hydrogens (tertiary/aromatic N) is 4. The fourth-order valence-electron chi connectivity index (χ4n) is 1.77. The van der Waals surface area contributed by atoms with Crippen LogP contribution in [-0.4, -0.2) is 26.5 Å². The quantitative estimate of drug-likeness (QED) is 0.916. The highest BCUT2D eigenvalue weighted by molar-refractivity contribution is 7.18. The van der Waals surface area contributed by atoms with Crippen molar-refractivity contribution < 1.29 is 0 Å². The molecule has 0 aliphatic rings. The smallest absolute Gasteiger partial charge is 0.277 e. The van der Waals surface area contributed by atoms with E-state index in [1.54, 1.807) is 0 Å². The van der Waals surface area contributed by atoms with Gasteiger partial charge in [0.05, 0.1) is 11.3 Å². The molecule has 1 N–H and O–H groups in total. The second kappa shape index (κ2) is 6.13. The van der Waals surface area contributed by atoms with Crippen LogP contribution < -0.4 is 10.9 Å². The Hall–Kier alpha value is -1.76. The molecule has 7 heteroatoms. The second-order valence-electron chi connectivity index (χ2n) is 4.70. The summed E-state index contributed by atoms with van der Waals surface area (Å²) in [5.74, 6) is 0.258. The summed E-state index contributed by atoms with van der Waals surface area (Å²) in [4.78, 5) is 12.4. The van der Waals surface area contributed by atoms with Gasteiger partial charge >= 0.3 is 0 Å². The third-order valence-electron chi connectivity index (χ3n) is 2.87. The molecule has 0 aliphatic carbocycles. The predicted octanol–water partition coefficient (Wildman–Crippen LogP) is 2.34. The summed E-state index contributed by atoms with van der Waals surface area (Å²) in [6.45, 7) is 9.34. The molecule has 0 saturated heterocycles. The second-order valence-corrected chi connectivity index (χ2v) is 5.68. The van der Waals surface area contributed by atoms with Crippen LogP contribution >= 0.6 is 11.3 Å². The van der Waals surface area contributed by atoms with E-state index in [2.05, 4.69) is 34.5 Å². The fourth-order valence-corrected chi connectivity index (χ4v) is 2.59. The van der Waals surface area contributed by atoms with Crippen LogP contribution in [0, 0.1) is 0 Å². The maximum atomic E-state index is 12.4. The Bertz CT molecular complexity index is 646. The SMILES string of the molecule is CCNc1nnc(-c2cc(C(C)C)nn(CC)c2=O)s1. The molecule has 0 unspecified atom stereocenters. The first-order chi connectivity index (χ1) is 9.56. The van der Waals surface area contributed by atoms with E-state index in [4.69, 9.17) is 0 Å². The maximum Gasteiger partial charge on any atom is 0.277 e. The van der Waals surface area contributed by atoms with Crippen molar-refractivity contribution >= 4 is 16.5 Å². The third-order valence-corrected chi connectivity index (χ3v) is 3.78. The Labute approximate surface area is 121 Å². The molecule has 2 aromatic heterocycles. The number of hydrogen-bond donors (Lipinski definition) is 1. The van der Waals surface area contributed by atoms with E-state index in [0.29, 0.717) is 17.1 Å². The molecular formula is C13H19N5OS. The van der Waals surface area contributed by atoms with Crippen molar-refractivity contribution in [3.63, 3.8) is 0 Å². The van der Waals surface area contributed by atoms with Gasteiger partial charge in [-0.25, -0.2) is 4.68 Å². The Morgan fingerprint density at radius 2 is 2.10 bits per heavy atom. The summed E-state index contributed by atoms with van der Waals surface area (Å²) in [6.07, 6.45) is 0. The summed E-state index contributed by atoms with van der Waals surface area (Å²) in [6, 6.07) is 1.83. The minimum atomic E-state index is -0.115. The van der Waals surface area contributed by atoms with Gasteiger partial charge in [-0.05, 0) is 25.8 Å². The topological polar surface area (TPSA) is 72.7 Å². The van der Waals surface area contributed by atoms with Crippen molar-refractivity contribution in [3.8, 4) is 10.6 Å². The lowest BCUT2D eigenvalue weighted by Gasteiger charge is -2.09. The minimum Gasteiger partial charge on any atom is -0.360 e. The van der Waals surface area contributed by atoms with Gasteiger partial charge in [-0.15, -0.1) is 10.2 Å². The summed E-state index contributed by atoms with van der Waals surface area (Å²) in [5.41, 5.74) is 1.35. The maximum absolute atomic E-state index is 12.4. The van der Waals surface area contributed by atoms with Crippen LogP contribution in [0.2, 0.25) is 0 Å². The fraction of sp³-hybridized carbons (Fsp3) is 0.538. The molecule has 0 aromatic carbocycles. The highest BCUT2D eigenvalue weighted by Crippen LogP contribution is 2.25. The van der Waals surface area contributed by atoms with Crippen LogP contribution in [0.4, 0.5) is 5.13 Å². The molecular weight excluding hydrogens is 274 g/mol. The van der Waals surface area contributed by atoms with Gasteiger partial charge < -0.3 is 5.32 Å². The van der Waals surface area contributed by atoms with Crippen LogP contribution in [0.1, 0.15) is 39.3 Å². The van der Waals surface area contributed by atoms with E-state index < -0.39 is 0 Å². The number of aryl methyl sites for hydroxylation is 1. The predicted molar refractivity (Wildman–Crippen MR) is 81.3 cm³/mol. The van der Waals surface area contributed by atoms with Crippen LogP contribution in [0.5, 0.6) is 0 Å². The van der Waals surface area contributed by atoms with Gasteiger partial charge in [-0.3, -0.25) is 4.79 Å². The molecule has 2 rings (SSSR count). The molecule has 108 valence electrons. The molecule has 0 amide bonds. The van der Waals surface area contributed by atoms with Crippen molar-refractivity contribution in [2.24, 2.45) is 0 Å². The van der Waals surface area contributed by atoms with E-state index >= 15 is 0 Å². The van der Waals surface area contributed by atoms with Gasteiger partial charge in [0.15, 0.2) is 5.01 Å². The average Bonchev–Trinajstić information content (AvgIpc) is 2.87. The highest BCUT2D eigenvalue weighted by Gasteiger charge is 2.15. The van der Waals surface area contributed by atoms with Gasteiger partial charge in [0.1, 0.15) is 0 Å². The first kappa shape index (κ1) is 14.6.